The van der Waals surface area contributed by atoms with E-state index in [9.17, 15) is 19.7 Å². The van der Waals surface area contributed by atoms with Crippen molar-refractivity contribution in [2.24, 2.45) is 5.10 Å². The van der Waals surface area contributed by atoms with Crippen LogP contribution in [0.5, 0.6) is 0 Å². The number of halogens is 1. The Labute approximate surface area is 147 Å². The predicted octanol–water partition coefficient (Wildman–Crippen LogP) is 2.65. The van der Waals surface area contributed by atoms with Gasteiger partial charge in [0.15, 0.2) is 0 Å². The third-order valence-corrected chi connectivity index (χ3v) is 3.42. The van der Waals surface area contributed by atoms with Crippen molar-refractivity contribution < 1.29 is 14.5 Å². The summed E-state index contributed by atoms with van der Waals surface area (Å²) >= 11 is 5.89. The zero-order valence-corrected chi connectivity index (χ0v) is 13.8. The summed E-state index contributed by atoms with van der Waals surface area (Å²) in [6, 6.07) is 10.7. The fourth-order valence-electron chi connectivity index (χ4n) is 1.78. The molecule has 0 atom stereocenters. The molecule has 2 amide bonds. The molecule has 0 spiro atoms. The molecule has 2 aromatic carbocycles. The van der Waals surface area contributed by atoms with Gasteiger partial charge in [-0.2, -0.15) is 5.10 Å². The van der Waals surface area contributed by atoms with Crippen LogP contribution >= 0.6 is 11.6 Å². The molecule has 0 aromatic heterocycles. The van der Waals surface area contributed by atoms with Crippen molar-refractivity contribution in [3.8, 4) is 0 Å². The minimum absolute atomic E-state index is 0.172. The molecule has 0 aliphatic rings. The molecule has 8 nitrogen and oxygen atoms in total. The summed E-state index contributed by atoms with van der Waals surface area (Å²) in [4.78, 5) is 33.6. The molecule has 0 bridgehead atoms. The lowest BCUT2D eigenvalue weighted by Gasteiger charge is -2.04. The highest BCUT2D eigenvalue weighted by Crippen LogP contribution is 2.20. The molecule has 0 aliphatic carbocycles. The summed E-state index contributed by atoms with van der Waals surface area (Å²) in [5.41, 5.74) is 3.57. The van der Waals surface area contributed by atoms with Gasteiger partial charge in [0.25, 0.3) is 5.69 Å². The highest BCUT2D eigenvalue weighted by atomic mass is 35.5. The van der Waals surface area contributed by atoms with E-state index in [0.717, 1.165) is 11.8 Å². The highest BCUT2D eigenvalue weighted by Gasteiger charge is 2.13. The first-order valence-corrected chi connectivity index (χ1v) is 7.39. The van der Waals surface area contributed by atoms with E-state index in [1.165, 1.54) is 18.2 Å². The molecule has 0 unspecified atom stereocenters. The quantitative estimate of drug-likeness (QED) is 0.377. The van der Waals surface area contributed by atoms with Crippen LogP contribution in [0.2, 0.25) is 5.02 Å². The van der Waals surface area contributed by atoms with Crippen molar-refractivity contribution in [2.45, 2.75) is 6.92 Å². The first-order valence-electron chi connectivity index (χ1n) is 7.02. The van der Waals surface area contributed by atoms with Gasteiger partial charge in [-0.15, -0.1) is 0 Å². The van der Waals surface area contributed by atoms with Gasteiger partial charge in [0, 0.05) is 28.4 Å². The smallest absolute Gasteiger partial charge is 0.318 e. The number of nitro benzene ring substituents is 1. The molecule has 0 saturated heterocycles. The number of nitrogens with one attached hydrogen (secondary N) is 2. The van der Waals surface area contributed by atoms with Crippen LogP contribution in [-0.2, 0) is 9.59 Å². The van der Waals surface area contributed by atoms with Crippen molar-refractivity contribution in [3.05, 3.63) is 68.7 Å². The Hall–Kier alpha value is -3.26. The lowest BCUT2D eigenvalue weighted by atomic mass is 10.2. The lowest BCUT2D eigenvalue weighted by Crippen LogP contribution is -2.32. The number of hydrogen-bond acceptors (Lipinski definition) is 5. The summed E-state index contributed by atoms with van der Waals surface area (Å²) in [6.07, 6.45) is 1.12. The van der Waals surface area contributed by atoms with Gasteiger partial charge in [0.05, 0.1) is 11.1 Å². The van der Waals surface area contributed by atoms with Crippen LogP contribution in [0.3, 0.4) is 0 Å². The number of non-ortho nitro benzene ring substituents is 1. The molecular weight excluding hydrogens is 348 g/mol. The van der Waals surface area contributed by atoms with E-state index < -0.39 is 16.7 Å². The fraction of sp³-hybridized carbons (Fsp3) is 0.0625. The van der Waals surface area contributed by atoms with Gasteiger partial charge in [-0.25, -0.2) is 5.43 Å². The molecule has 128 valence electrons. The van der Waals surface area contributed by atoms with Gasteiger partial charge in [0.2, 0.25) is 0 Å². The van der Waals surface area contributed by atoms with E-state index >= 15 is 0 Å². The number of anilines is 1. The maximum absolute atomic E-state index is 11.7. The number of amides is 2. The third-order valence-electron chi connectivity index (χ3n) is 3.08. The van der Waals surface area contributed by atoms with Gasteiger partial charge >= 0.3 is 11.8 Å². The molecule has 25 heavy (non-hydrogen) atoms. The Bertz CT molecular complexity index is 850. The van der Waals surface area contributed by atoms with Gasteiger partial charge in [-0.3, -0.25) is 19.7 Å². The minimum atomic E-state index is -0.988. The van der Waals surface area contributed by atoms with Crippen LogP contribution in [-0.4, -0.2) is 23.0 Å². The Kier molecular flexibility index (Phi) is 5.80. The summed E-state index contributed by atoms with van der Waals surface area (Å²) in [5, 5.41) is 16.9. The van der Waals surface area contributed by atoms with Crippen molar-refractivity contribution in [3.63, 3.8) is 0 Å². The van der Waals surface area contributed by atoms with E-state index in [-0.39, 0.29) is 16.3 Å². The molecule has 2 N–H and O–H groups in total. The van der Waals surface area contributed by atoms with Crippen LogP contribution in [0.15, 0.2) is 47.6 Å². The molecule has 0 heterocycles. The lowest BCUT2D eigenvalue weighted by molar-refractivity contribution is -0.384. The Morgan fingerprint density at radius 2 is 1.84 bits per heavy atom. The summed E-state index contributed by atoms with van der Waals surface area (Å²) in [7, 11) is 0. The second-order valence-electron chi connectivity index (χ2n) is 4.98. The Morgan fingerprint density at radius 3 is 2.48 bits per heavy atom. The van der Waals surface area contributed by atoms with Crippen LogP contribution in [0, 0.1) is 17.0 Å². The van der Waals surface area contributed by atoms with Crippen LogP contribution in [0.25, 0.3) is 0 Å². The number of carbonyl (C=O) groups is 2. The van der Waals surface area contributed by atoms with Gasteiger partial charge in [-0.1, -0.05) is 29.3 Å². The zero-order valence-electron chi connectivity index (χ0n) is 13.0. The molecule has 9 heteroatoms. The molecule has 0 fully saturated rings. The predicted molar refractivity (Wildman–Crippen MR) is 93.7 cm³/mol. The molecule has 0 radical (unpaired) electrons. The summed E-state index contributed by atoms with van der Waals surface area (Å²) in [5.74, 6) is -1.88. The average molecular weight is 361 g/mol. The third kappa shape index (κ3) is 5.11. The van der Waals surface area contributed by atoms with Crippen molar-refractivity contribution in [1.29, 1.82) is 0 Å². The molecule has 0 aliphatic heterocycles. The number of hydrogen-bond donors (Lipinski definition) is 2. The molecule has 2 aromatic rings. The van der Waals surface area contributed by atoms with E-state index in [4.69, 9.17) is 11.6 Å². The van der Waals surface area contributed by atoms with Crippen LogP contribution in [0.4, 0.5) is 11.4 Å². The number of nitrogens with zero attached hydrogens (tertiary/aromatic N) is 2. The number of benzene rings is 2. The second-order valence-corrected chi connectivity index (χ2v) is 5.39. The fourth-order valence-corrected chi connectivity index (χ4v) is 1.95. The maximum atomic E-state index is 11.7. The number of carbonyl (C=O) groups excluding carboxylic acids is 2. The first-order chi connectivity index (χ1) is 11.9. The number of hydrazone groups is 1. The normalized spacial score (nSPS) is 10.5. The highest BCUT2D eigenvalue weighted by molar-refractivity contribution is 6.39. The SMILES string of the molecule is Cc1ccc(NC(=O)C(=O)N/N=C/c2cc([N+](=O)[O-])ccc2Cl)cc1. The average Bonchev–Trinajstić information content (AvgIpc) is 2.58. The van der Waals surface area contributed by atoms with Crippen molar-refractivity contribution >= 4 is 41.0 Å². The summed E-state index contributed by atoms with van der Waals surface area (Å²) < 4.78 is 0. The standard InChI is InChI=1S/C16H13ClN4O4/c1-10-2-4-12(5-3-10)19-15(22)16(23)20-18-9-11-8-13(21(24)25)6-7-14(11)17/h2-9H,1H3,(H,19,22)(H,20,23)/b18-9+. The number of nitro groups is 1. The number of rotatable bonds is 4. The minimum Gasteiger partial charge on any atom is -0.318 e. The van der Waals surface area contributed by atoms with Gasteiger partial charge in [0.1, 0.15) is 0 Å². The Morgan fingerprint density at radius 1 is 1.16 bits per heavy atom. The first kappa shape index (κ1) is 18.1. The topological polar surface area (TPSA) is 114 Å². The van der Waals surface area contributed by atoms with E-state index in [0.29, 0.717) is 5.69 Å². The zero-order chi connectivity index (χ0) is 18.4. The largest absolute Gasteiger partial charge is 0.329 e. The Balaban J connectivity index is 1.98. The van der Waals surface area contributed by atoms with Crippen molar-refractivity contribution in [2.75, 3.05) is 5.32 Å². The van der Waals surface area contributed by atoms with E-state index in [2.05, 4.69) is 10.4 Å². The summed E-state index contributed by atoms with van der Waals surface area (Å²) in [6.45, 7) is 1.89. The number of aryl methyl sites for hydroxylation is 1. The van der Waals surface area contributed by atoms with Crippen LogP contribution < -0.4 is 10.7 Å². The van der Waals surface area contributed by atoms with E-state index in [1.54, 1.807) is 24.3 Å². The second kappa shape index (κ2) is 8.02. The molecular formula is C16H13ClN4O4. The molecule has 2 rings (SSSR count). The van der Waals surface area contributed by atoms with Gasteiger partial charge < -0.3 is 5.32 Å². The van der Waals surface area contributed by atoms with Gasteiger partial charge in [-0.05, 0) is 25.1 Å². The van der Waals surface area contributed by atoms with Crippen molar-refractivity contribution in [1.82, 2.24) is 5.43 Å². The monoisotopic (exact) mass is 360 g/mol. The maximum Gasteiger partial charge on any atom is 0.329 e. The molecule has 0 saturated carbocycles. The van der Waals surface area contributed by atoms with Crippen LogP contribution in [0.1, 0.15) is 11.1 Å². The van der Waals surface area contributed by atoms with E-state index in [1.807, 2.05) is 12.3 Å².